The van der Waals surface area contributed by atoms with Crippen LogP contribution in [0.5, 0.6) is 0 Å². The largest absolute Gasteiger partial charge is 0.269 e. The molecule has 0 aromatic heterocycles. The van der Waals surface area contributed by atoms with E-state index in [1.165, 1.54) is 6.07 Å². The molecule has 1 unspecified atom stereocenters. The molecule has 0 aliphatic carbocycles. The highest BCUT2D eigenvalue weighted by molar-refractivity contribution is 7.90. The SMILES string of the molecule is CC(C)(C)C(CS)CN1C(=O)c2ccccc2S1(=O)=O. The van der Waals surface area contributed by atoms with Gasteiger partial charge in [-0.05, 0) is 29.2 Å². The van der Waals surface area contributed by atoms with E-state index in [4.69, 9.17) is 0 Å². The van der Waals surface area contributed by atoms with E-state index in [1.807, 2.05) is 20.8 Å². The van der Waals surface area contributed by atoms with Crippen molar-refractivity contribution in [1.82, 2.24) is 4.31 Å². The molecule has 1 heterocycles. The van der Waals surface area contributed by atoms with Gasteiger partial charge in [0, 0.05) is 6.54 Å². The van der Waals surface area contributed by atoms with Crippen molar-refractivity contribution in [2.75, 3.05) is 12.3 Å². The zero-order valence-electron chi connectivity index (χ0n) is 11.8. The highest BCUT2D eigenvalue weighted by Crippen LogP contribution is 2.34. The Kier molecular flexibility index (Phi) is 3.90. The van der Waals surface area contributed by atoms with Crippen LogP contribution in [0, 0.1) is 11.3 Å². The molecule has 110 valence electrons. The third kappa shape index (κ3) is 2.46. The van der Waals surface area contributed by atoms with Gasteiger partial charge in [0.1, 0.15) is 4.90 Å². The van der Waals surface area contributed by atoms with Gasteiger partial charge in [-0.1, -0.05) is 32.9 Å². The maximum Gasteiger partial charge on any atom is 0.269 e. The molecular formula is C14H19NO3S2. The number of sulfonamides is 1. The number of fused-ring (bicyclic) bond motifs is 1. The Labute approximate surface area is 125 Å². The van der Waals surface area contributed by atoms with Crippen LogP contribution in [0.3, 0.4) is 0 Å². The van der Waals surface area contributed by atoms with E-state index in [2.05, 4.69) is 12.6 Å². The predicted octanol–water partition coefficient (Wildman–Crippen LogP) is 2.42. The molecule has 1 aromatic carbocycles. The fourth-order valence-electron chi connectivity index (χ4n) is 2.22. The minimum absolute atomic E-state index is 0.00105. The smallest absolute Gasteiger partial charge is 0.268 e. The first kappa shape index (κ1) is 15.4. The highest BCUT2D eigenvalue weighted by atomic mass is 32.2. The molecular weight excluding hydrogens is 294 g/mol. The van der Waals surface area contributed by atoms with Gasteiger partial charge in [0.2, 0.25) is 0 Å². The molecule has 1 aromatic rings. The van der Waals surface area contributed by atoms with E-state index in [0.29, 0.717) is 5.75 Å². The first-order valence-corrected chi connectivity index (χ1v) is 8.54. The Bertz CT molecular complexity index is 632. The summed E-state index contributed by atoms with van der Waals surface area (Å²) in [6, 6.07) is 6.35. The molecule has 1 aliphatic heterocycles. The van der Waals surface area contributed by atoms with Gasteiger partial charge in [0.05, 0.1) is 5.56 Å². The van der Waals surface area contributed by atoms with Crippen molar-refractivity contribution in [1.29, 1.82) is 0 Å². The summed E-state index contributed by atoms with van der Waals surface area (Å²) in [5.41, 5.74) is 0.145. The minimum Gasteiger partial charge on any atom is -0.268 e. The van der Waals surface area contributed by atoms with Gasteiger partial charge >= 0.3 is 0 Å². The van der Waals surface area contributed by atoms with Crippen molar-refractivity contribution in [3.05, 3.63) is 29.8 Å². The first-order chi connectivity index (χ1) is 9.19. The number of benzene rings is 1. The van der Waals surface area contributed by atoms with Gasteiger partial charge < -0.3 is 0 Å². The number of amides is 1. The van der Waals surface area contributed by atoms with E-state index in [1.54, 1.807) is 18.2 Å². The Hall–Kier alpha value is -1.01. The van der Waals surface area contributed by atoms with Gasteiger partial charge in [0.25, 0.3) is 15.9 Å². The van der Waals surface area contributed by atoms with E-state index < -0.39 is 15.9 Å². The average molecular weight is 313 g/mol. The van der Waals surface area contributed by atoms with Crippen LogP contribution in [-0.4, -0.2) is 30.9 Å². The van der Waals surface area contributed by atoms with Crippen LogP contribution in [0.4, 0.5) is 0 Å². The fraction of sp³-hybridized carbons (Fsp3) is 0.500. The van der Waals surface area contributed by atoms with Crippen molar-refractivity contribution in [2.45, 2.75) is 25.7 Å². The lowest BCUT2D eigenvalue weighted by atomic mass is 9.82. The first-order valence-electron chi connectivity index (χ1n) is 6.46. The van der Waals surface area contributed by atoms with Gasteiger partial charge in [-0.2, -0.15) is 12.6 Å². The zero-order chi connectivity index (χ0) is 15.1. The minimum atomic E-state index is -3.71. The summed E-state index contributed by atoms with van der Waals surface area (Å²) in [4.78, 5) is 12.4. The summed E-state index contributed by atoms with van der Waals surface area (Å²) in [7, 11) is -3.71. The van der Waals surface area contributed by atoms with Crippen LogP contribution in [0.25, 0.3) is 0 Å². The van der Waals surface area contributed by atoms with Crippen molar-refractivity contribution in [3.8, 4) is 0 Å². The number of hydrogen-bond acceptors (Lipinski definition) is 4. The number of thiol groups is 1. The molecule has 1 aliphatic rings. The Morgan fingerprint density at radius 3 is 2.35 bits per heavy atom. The third-order valence-electron chi connectivity index (χ3n) is 3.74. The molecule has 0 spiro atoms. The van der Waals surface area contributed by atoms with Gasteiger partial charge in [-0.15, -0.1) is 0 Å². The normalized spacial score (nSPS) is 19.0. The Balaban J connectivity index is 2.39. The number of carbonyl (C=O) groups is 1. The van der Waals surface area contributed by atoms with Crippen molar-refractivity contribution >= 4 is 28.6 Å². The standard InChI is InChI=1S/C14H19NO3S2/c1-14(2,3)10(9-19)8-15-13(16)11-6-4-5-7-12(11)20(15,17)18/h4-7,10,19H,8-9H2,1-3H3. The molecule has 6 heteroatoms. The number of nitrogens with zero attached hydrogens (tertiary/aromatic N) is 1. The van der Waals surface area contributed by atoms with Gasteiger partial charge in [-0.3, -0.25) is 4.79 Å². The molecule has 4 nitrogen and oxygen atoms in total. The maximum absolute atomic E-state index is 12.5. The van der Waals surface area contributed by atoms with E-state index in [-0.39, 0.29) is 28.3 Å². The van der Waals surface area contributed by atoms with E-state index in [0.717, 1.165) is 4.31 Å². The molecule has 0 N–H and O–H groups in total. The van der Waals surface area contributed by atoms with Crippen LogP contribution in [-0.2, 0) is 10.0 Å². The van der Waals surface area contributed by atoms with Crippen LogP contribution in [0.2, 0.25) is 0 Å². The summed E-state index contributed by atoms with van der Waals surface area (Å²) in [6.07, 6.45) is 0. The molecule has 0 saturated heterocycles. The summed E-state index contributed by atoms with van der Waals surface area (Å²) in [5, 5.41) is 0. The van der Waals surface area contributed by atoms with Crippen LogP contribution in [0.15, 0.2) is 29.2 Å². The zero-order valence-corrected chi connectivity index (χ0v) is 13.5. The molecule has 0 saturated carbocycles. The summed E-state index contributed by atoms with van der Waals surface area (Å²) in [6.45, 7) is 6.24. The third-order valence-corrected chi connectivity index (χ3v) is 5.99. The Morgan fingerprint density at radius 1 is 1.25 bits per heavy atom. The van der Waals surface area contributed by atoms with Crippen LogP contribution < -0.4 is 0 Å². The van der Waals surface area contributed by atoms with Crippen molar-refractivity contribution in [2.24, 2.45) is 11.3 Å². The monoisotopic (exact) mass is 313 g/mol. The molecule has 2 rings (SSSR count). The highest BCUT2D eigenvalue weighted by Gasteiger charge is 2.42. The second-order valence-corrected chi connectivity index (χ2v) is 8.28. The molecule has 1 amide bonds. The van der Waals surface area contributed by atoms with Crippen LogP contribution >= 0.6 is 12.6 Å². The number of carbonyl (C=O) groups excluding carboxylic acids is 1. The predicted molar refractivity (Wildman–Crippen MR) is 81.5 cm³/mol. The van der Waals surface area contributed by atoms with E-state index in [9.17, 15) is 13.2 Å². The molecule has 0 bridgehead atoms. The maximum atomic E-state index is 12.5. The molecule has 0 fully saturated rings. The van der Waals surface area contributed by atoms with Gasteiger partial charge in [-0.25, -0.2) is 12.7 Å². The summed E-state index contributed by atoms with van der Waals surface area (Å²) < 4.78 is 25.9. The molecule has 0 radical (unpaired) electrons. The number of rotatable bonds is 3. The lowest BCUT2D eigenvalue weighted by molar-refractivity contribution is 0.0836. The quantitative estimate of drug-likeness (QED) is 0.872. The lowest BCUT2D eigenvalue weighted by Crippen LogP contribution is -2.39. The second kappa shape index (κ2) is 5.07. The summed E-state index contributed by atoms with van der Waals surface area (Å²) in [5.74, 6) is 0.0922. The van der Waals surface area contributed by atoms with Crippen molar-refractivity contribution in [3.63, 3.8) is 0 Å². The topological polar surface area (TPSA) is 54.5 Å². The van der Waals surface area contributed by atoms with E-state index >= 15 is 0 Å². The second-order valence-electron chi connectivity index (χ2n) is 6.08. The fourth-order valence-corrected chi connectivity index (χ4v) is 4.49. The lowest BCUT2D eigenvalue weighted by Gasteiger charge is -2.32. The van der Waals surface area contributed by atoms with Crippen molar-refractivity contribution < 1.29 is 13.2 Å². The molecule has 20 heavy (non-hydrogen) atoms. The average Bonchev–Trinajstić information content (AvgIpc) is 2.55. The Morgan fingerprint density at radius 2 is 1.85 bits per heavy atom. The summed E-state index contributed by atoms with van der Waals surface area (Å²) >= 11 is 4.30. The number of hydrogen-bond donors (Lipinski definition) is 1. The molecule has 1 atom stereocenters. The van der Waals surface area contributed by atoms with Crippen LogP contribution in [0.1, 0.15) is 31.1 Å². The van der Waals surface area contributed by atoms with Gasteiger partial charge in [0.15, 0.2) is 0 Å².